The molecule has 86 valence electrons. The van der Waals surface area contributed by atoms with Crippen molar-refractivity contribution in [3.05, 3.63) is 34.3 Å². The molecule has 1 aromatic carbocycles. The Balaban J connectivity index is 0.00000196. The van der Waals surface area contributed by atoms with Gasteiger partial charge in [0.05, 0.1) is 12.1 Å². The molecule has 0 heterocycles. The summed E-state index contributed by atoms with van der Waals surface area (Å²) in [5, 5.41) is 9.70. The van der Waals surface area contributed by atoms with Crippen molar-refractivity contribution in [2.24, 2.45) is 5.73 Å². The molecule has 0 aromatic heterocycles. The van der Waals surface area contributed by atoms with Crippen molar-refractivity contribution < 1.29 is 5.11 Å². The van der Waals surface area contributed by atoms with Crippen molar-refractivity contribution >= 4 is 28.3 Å². The van der Waals surface area contributed by atoms with Crippen molar-refractivity contribution in [1.82, 2.24) is 0 Å². The maximum absolute atomic E-state index is 9.70. The van der Waals surface area contributed by atoms with Crippen molar-refractivity contribution in [2.45, 2.75) is 31.9 Å². The Morgan fingerprint density at radius 1 is 1.33 bits per heavy atom. The van der Waals surface area contributed by atoms with E-state index in [4.69, 9.17) is 5.73 Å². The Morgan fingerprint density at radius 3 is 2.33 bits per heavy atom. The third kappa shape index (κ3) is 4.51. The third-order valence-electron chi connectivity index (χ3n) is 2.25. The summed E-state index contributed by atoms with van der Waals surface area (Å²) in [6.45, 7) is 2.04. The van der Waals surface area contributed by atoms with E-state index in [1.807, 2.05) is 31.2 Å². The van der Waals surface area contributed by atoms with Crippen molar-refractivity contribution in [2.75, 3.05) is 0 Å². The molecule has 0 amide bonds. The number of nitrogens with two attached hydrogens (primary N) is 1. The van der Waals surface area contributed by atoms with Gasteiger partial charge in [0.1, 0.15) is 0 Å². The highest BCUT2D eigenvalue weighted by Crippen LogP contribution is 2.19. The molecule has 15 heavy (non-hydrogen) atoms. The van der Waals surface area contributed by atoms with E-state index >= 15 is 0 Å². The van der Waals surface area contributed by atoms with E-state index < -0.39 is 6.10 Å². The standard InChI is InChI=1S/C11H16BrNO.ClH/c1-2-3-10(14)11(13)8-4-6-9(12)7-5-8;/h4-7,10-11,14H,2-3,13H2,1H3;1H/t10-,11+;/m0./s1. The fourth-order valence-corrected chi connectivity index (χ4v) is 1.65. The Morgan fingerprint density at radius 2 is 1.87 bits per heavy atom. The van der Waals surface area contributed by atoms with Crippen molar-refractivity contribution in [3.63, 3.8) is 0 Å². The van der Waals surface area contributed by atoms with Gasteiger partial charge < -0.3 is 10.8 Å². The largest absolute Gasteiger partial charge is 0.391 e. The number of hydrogen-bond donors (Lipinski definition) is 2. The fourth-order valence-electron chi connectivity index (χ4n) is 1.38. The molecule has 0 aliphatic rings. The zero-order chi connectivity index (χ0) is 10.6. The van der Waals surface area contributed by atoms with E-state index in [-0.39, 0.29) is 18.4 Å². The highest BCUT2D eigenvalue weighted by Gasteiger charge is 2.15. The molecule has 0 aliphatic heterocycles. The zero-order valence-electron chi connectivity index (χ0n) is 8.69. The van der Waals surface area contributed by atoms with Crippen LogP contribution in [0.15, 0.2) is 28.7 Å². The molecule has 1 aromatic rings. The summed E-state index contributed by atoms with van der Waals surface area (Å²) in [4.78, 5) is 0. The van der Waals surface area contributed by atoms with Gasteiger partial charge >= 0.3 is 0 Å². The summed E-state index contributed by atoms with van der Waals surface area (Å²) >= 11 is 3.36. The topological polar surface area (TPSA) is 46.2 Å². The van der Waals surface area contributed by atoms with E-state index in [1.54, 1.807) is 0 Å². The van der Waals surface area contributed by atoms with Crippen LogP contribution in [0.1, 0.15) is 31.4 Å². The number of rotatable bonds is 4. The average Bonchev–Trinajstić information content (AvgIpc) is 2.18. The van der Waals surface area contributed by atoms with Crippen LogP contribution in [0.4, 0.5) is 0 Å². The minimum Gasteiger partial charge on any atom is -0.391 e. The van der Waals surface area contributed by atoms with Crippen molar-refractivity contribution in [1.29, 1.82) is 0 Å². The van der Waals surface area contributed by atoms with Crippen LogP contribution in [0, 0.1) is 0 Å². The molecule has 2 atom stereocenters. The van der Waals surface area contributed by atoms with Crippen LogP contribution in [0.5, 0.6) is 0 Å². The molecule has 2 nitrogen and oxygen atoms in total. The van der Waals surface area contributed by atoms with Gasteiger partial charge in [-0.15, -0.1) is 12.4 Å². The normalized spacial score (nSPS) is 14.1. The second-order valence-corrected chi connectivity index (χ2v) is 4.35. The zero-order valence-corrected chi connectivity index (χ0v) is 11.1. The Labute approximate surface area is 105 Å². The minimum atomic E-state index is -0.443. The van der Waals surface area contributed by atoms with Crippen LogP contribution in [-0.4, -0.2) is 11.2 Å². The maximum atomic E-state index is 9.70. The van der Waals surface area contributed by atoms with Gasteiger partial charge in [0.25, 0.3) is 0 Å². The quantitative estimate of drug-likeness (QED) is 0.896. The van der Waals surface area contributed by atoms with Crippen LogP contribution >= 0.6 is 28.3 Å². The first-order valence-corrected chi connectivity index (χ1v) is 5.63. The van der Waals surface area contributed by atoms with Gasteiger partial charge in [-0.05, 0) is 24.1 Å². The maximum Gasteiger partial charge on any atom is 0.0732 e. The van der Waals surface area contributed by atoms with Gasteiger partial charge in [-0.25, -0.2) is 0 Å². The van der Waals surface area contributed by atoms with E-state index in [2.05, 4.69) is 15.9 Å². The molecule has 0 fully saturated rings. The fraction of sp³-hybridized carbons (Fsp3) is 0.455. The summed E-state index contributed by atoms with van der Waals surface area (Å²) in [6.07, 6.45) is 1.25. The molecule has 0 spiro atoms. The molecular formula is C11H17BrClNO. The Kier molecular flexibility index (Phi) is 7.18. The second kappa shape index (κ2) is 7.23. The number of benzene rings is 1. The highest BCUT2D eigenvalue weighted by molar-refractivity contribution is 9.10. The lowest BCUT2D eigenvalue weighted by molar-refractivity contribution is 0.134. The lowest BCUT2D eigenvalue weighted by Crippen LogP contribution is -2.25. The molecule has 0 aliphatic carbocycles. The van der Waals surface area contributed by atoms with Crippen molar-refractivity contribution in [3.8, 4) is 0 Å². The van der Waals surface area contributed by atoms with Crippen LogP contribution < -0.4 is 5.73 Å². The third-order valence-corrected chi connectivity index (χ3v) is 2.78. The number of aliphatic hydroxyl groups is 1. The van der Waals surface area contributed by atoms with Gasteiger partial charge in [-0.2, -0.15) is 0 Å². The first-order chi connectivity index (χ1) is 6.65. The smallest absolute Gasteiger partial charge is 0.0732 e. The first kappa shape index (κ1) is 14.9. The van der Waals surface area contributed by atoms with Gasteiger partial charge in [0, 0.05) is 4.47 Å². The predicted octanol–water partition coefficient (Wildman–Crippen LogP) is 3.03. The van der Waals surface area contributed by atoms with Crippen LogP contribution in [-0.2, 0) is 0 Å². The highest BCUT2D eigenvalue weighted by atomic mass is 79.9. The molecule has 0 saturated carbocycles. The molecule has 0 bridgehead atoms. The number of hydrogen-bond acceptors (Lipinski definition) is 2. The van der Waals surface area contributed by atoms with Crippen LogP contribution in [0.2, 0.25) is 0 Å². The molecule has 3 N–H and O–H groups in total. The average molecular weight is 295 g/mol. The van der Waals surface area contributed by atoms with Gasteiger partial charge in [0.15, 0.2) is 0 Å². The molecular weight excluding hydrogens is 277 g/mol. The Hall–Kier alpha value is -0.0900. The summed E-state index contributed by atoms with van der Waals surface area (Å²) in [5.41, 5.74) is 6.89. The molecule has 4 heteroatoms. The summed E-state index contributed by atoms with van der Waals surface area (Å²) in [6, 6.07) is 7.48. The van der Waals surface area contributed by atoms with Crippen LogP contribution in [0.3, 0.4) is 0 Å². The molecule has 0 saturated heterocycles. The van der Waals surface area contributed by atoms with Gasteiger partial charge in [-0.3, -0.25) is 0 Å². The second-order valence-electron chi connectivity index (χ2n) is 3.43. The minimum absolute atomic E-state index is 0. The van der Waals surface area contributed by atoms with E-state index in [0.29, 0.717) is 0 Å². The predicted molar refractivity (Wildman–Crippen MR) is 69.2 cm³/mol. The van der Waals surface area contributed by atoms with E-state index in [1.165, 1.54) is 0 Å². The lowest BCUT2D eigenvalue weighted by Gasteiger charge is -2.18. The summed E-state index contributed by atoms with van der Waals surface area (Å²) in [5.74, 6) is 0. The van der Waals surface area contributed by atoms with Gasteiger partial charge in [-0.1, -0.05) is 41.4 Å². The van der Waals surface area contributed by atoms with Gasteiger partial charge in [0.2, 0.25) is 0 Å². The monoisotopic (exact) mass is 293 g/mol. The number of aliphatic hydroxyl groups excluding tert-OH is 1. The molecule has 1 rings (SSSR count). The van der Waals surface area contributed by atoms with Crippen LogP contribution in [0.25, 0.3) is 0 Å². The molecule has 0 unspecified atom stereocenters. The van der Waals surface area contributed by atoms with E-state index in [0.717, 1.165) is 22.9 Å². The SMILES string of the molecule is CCC[C@H](O)[C@H](N)c1ccc(Br)cc1.Cl. The lowest BCUT2D eigenvalue weighted by atomic mass is 9.99. The summed E-state index contributed by atoms with van der Waals surface area (Å²) in [7, 11) is 0. The Bertz CT molecular complexity index is 278. The summed E-state index contributed by atoms with van der Waals surface area (Å²) < 4.78 is 1.03. The first-order valence-electron chi connectivity index (χ1n) is 4.84. The van der Waals surface area contributed by atoms with E-state index in [9.17, 15) is 5.11 Å². The molecule has 0 radical (unpaired) electrons. The number of halogens is 2.